The van der Waals surface area contributed by atoms with Gasteiger partial charge in [0.1, 0.15) is 0 Å². The number of aryl methyl sites for hydroxylation is 1. The van der Waals surface area contributed by atoms with Gasteiger partial charge in [0.15, 0.2) is 5.75 Å². The molecule has 0 amide bonds. The summed E-state index contributed by atoms with van der Waals surface area (Å²) in [7, 11) is 0. The molecule has 0 radical (unpaired) electrons. The second kappa shape index (κ2) is 4.28. The van der Waals surface area contributed by atoms with Crippen molar-refractivity contribution in [1.82, 2.24) is 0 Å². The maximum Gasteiger partial charge on any atom is 0.416 e. The summed E-state index contributed by atoms with van der Waals surface area (Å²) in [6.45, 7) is 2.96. The number of carbonyl (C=O) groups excluding carboxylic acids is 1. The van der Waals surface area contributed by atoms with Crippen LogP contribution in [0.15, 0.2) is 18.2 Å². The fourth-order valence-electron chi connectivity index (χ4n) is 1.64. The third kappa shape index (κ3) is 2.33. The van der Waals surface area contributed by atoms with Gasteiger partial charge in [-0.1, -0.05) is 0 Å². The number of hydrogen-bond acceptors (Lipinski definition) is 3. The van der Waals surface area contributed by atoms with Gasteiger partial charge in [-0.15, -0.1) is 11.3 Å². The monoisotopic (exact) mass is 274 g/mol. The van der Waals surface area contributed by atoms with Crippen molar-refractivity contribution in [2.75, 3.05) is 0 Å². The highest BCUT2D eigenvalue weighted by atomic mass is 32.1. The van der Waals surface area contributed by atoms with Gasteiger partial charge in [-0.05, 0) is 25.1 Å². The summed E-state index contributed by atoms with van der Waals surface area (Å²) in [5, 5.41) is 0.528. The maximum atomic E-state index is 12.6. The second-order valence-corrected chi connectivity index (χ2v) is 5.05. The Morgan fingerprint density at radius 3 is 2.56 bits per heavy atom. The van der Waals surface area contributed by atoms with E-state index >= 15 is 0 Å². The Hall–Kier alpha value is -1.56. The first-order chi connectivity index (χ1) is 8.29. The number of hydrogen-bond donors (Lipinski definition) is 0. The van der Waals surface area contributed by atoms with Crippen molar-refractivity contribution in [2.24, 2.45) is 0 Å². The fraction of sp³-hybridized carbons (Fsp3) is 0.250. The Kier molecular flexibility index (Phi) is 3.06. The standard InChI is InChI=1S/C12H9F3O2S/c1-6-11(17-7(2)16)9-4-3-8(12(13,14)15)5-10(9)18-6/h3-5H,1-2H3. The van der Waals surface area contributed by atoms with Crippen LogP contribution in [0.3, 0.4) is 0 Å². The van der Waals surface area contributed by atoms with Gasteiger partial charge in [-0.3, -0.25) is 4.79 Å². The van der Waals surface area contributed by atoms with E-state index in [-0.39, 0.29) is 0 Å². The Balaban J connectivity index is 2.58. The number of halogens is 3. The molecule has 0 saturated carbocycles. The van der Waals surface area contributed by atoms with Crippen LogP contribution in [0.25, 0.3) is 10.1 Å². The second-order valence-electron chi connectivity index (χ2n) is 3.79. The van der Waals surface area contributed by atoms with Crippen LogP contribution in [-0.2, 0) is 11.0 Å². The average molecular weight is 274 g/mol. The predicted molar refractivity (Wildman–Crippen MR) is 62.9 cm³/mol. The van der Waals surface area contributed by atoms with E-state index in [0.29, 0.717) is 20.7 Å². The minimum atomic E-state index is -4.37. The van der Waals surface area contributed by atoms with E-state index in [1.54, 1.807) is 6.92 Å². The van der Waals surface area contributed by atoms with Crippen molar-refractivity contribution in [3.8, 4) is 5.75 Å². The molecular weight excluding hydrogens is 265 g/mol. The van der Waals surface area contributed by atoms with Crippen LogP contribution in [0, 0.1) is 6.92 Å². The lowest BCUT2D eigenvalue weighted by Gasteiger charge is -2.06. The van der Waals surface area contributed by atoms with Gasteiger partial charge < -0.3 is 4.74 Å². The van der Waals surface area contributed by atoms with Crippen molar-refractivity contribution in [2.45, 2.75) is 20.0 Å². The molecule has 1 aromatic heterocycles. The van der Waals surface area contributed by atoms with Crippen molar-refractivity contribution in [1.29, 1.82) is 0 Å². The van der Waals surface area contributed by atoms with E-state index in [1.807, 2.05) is 0 Å². The highest BCUT2D eigenvalue weighted by molar-refractivity contribution is 7.19. The molecule has 1 aromatic carbocycles. The van der Waals surface area contributed by atoms with Crippen molar-refractivity contribution >= 4 is 27.4 Å². The van der Waals surface area contributed by atoms with Crippen LogP contribution in [0.5, 0.6) is 5.75 Å². The molecule has 2 nitrogen and oxygen atoms in total. The van der Waals surface area contributed by atoms with Gasteiger partial charge in [0, 0.05) is 21.9 Å². The summed E-state index contributed by atoms with van der Waals surface area (Å²) in [5.41, 5.74) is -0.703. The zero-order valence-electron chi connectivity index (χ0n) is 9.59. The van der Waals surface area contributed by atoms with E-state index in [9.17, 15) is 18.0 Å². The van der Waals surface area contributed by atoms with E-state index < -0.39 is 17.7 Å². The molecule has 0 aliphatic carbocycles. The number of alkyl halides is 3. The molecule has 0 unspecified atom stereocenters. The van der Waals surface area contributed by atoms with Crippen LogP contribution < -0.4 is 4.74 Å². The molecule has 2 aromatic rings. The molecule has 0 N–H and O–H groups in total. The van der Waals surface area contributed by atoms with Gasteiger partial charge in [0.25, 0.3) is 0 Å². The summed E-state index contributed by atoms with van der Waals surface area (Å²) in [4.78, 5) is 11.6. The number of fused-ring (bicyclic) bond motifs is 1. The molecule has 2 rings (SSSR count). The molecular formula is C12H9F3O2S. The van der Waals surface area contributed by atoms with Crippen LogP contribution in [0.1, 0.15) is 17.4 Å². The van der Waals surface area contributed by atoms with Gasteiger partial charge in [0.2, 0.25) is 0 Å². The van der Waals surface area contributed by atoms with Crippen LogP contribution in [0.4, 0.5) is 13.2 Å². The third-order valence-corrected chi connectivity index (χ3v) is 3.43. The molecule has 96 valence electrons. The largest absolute Gasteiger partial charge is 0.425 e. The predicted octanol–water partition coefficient (Wildman–Crippen LogP) is 4.15. The van der Waals surface area contributed by atoms with Gasteiger partial charge in [0.05, 0.1) is 5.56 Å². The molecule has 0 aliphatic heterocycles. The van der Waals surface area contributed by atoms with E-state index in [1.165, 1.54) is 24.3 Å². The molecule has 0 bridgehead atoms. The average Bonchev–Trinajstić information content (AvgIpc) is 2.53. The molecule has 6 heteroatoms. The summed E-state index contributed by atoms with van der Waals surface area (Å²) < 4.78 is 43.1. The summed E-state index contributed by atoms with van der Waals surface area (Å²) >= 11 is 1.17. The zero-order valence-corrected chi connectivity index (χ0v) is 10.4. The SMILES string of the molecule is CC(=O)Oc1c(C)sc2cc(C(F)(F)F)ccc12. The summed E-state index contributed by atoms with van der Waals surface area (Å²) in [5.74, 6) is -0.145. The Morgan fingerprint density at radius 2 is 2.00 bits per heavy atom. The summed E-state index contributed by atoms with van der Waals surface area (Å²) in [6, 6.07) is 3.39. The first-order valence-electron chi connectivity index (χ1n) is 5.08. The van der Waals surface area contributed by atoms with E-state index in [2.05, 4.69) is 0 Å². The molecule has 18 heavy (non-hydrogen) atoms. The molecule has 1 heterocycles. The van der Waals surface area contributed by atoms with Crippen molar-refractivity contribution < 1.29 is 22.7 Å². The number of carbonyl (C=O) groups is 1. The summed E-state index contributed by atoms with van der Waals surface area (Å²) in [6.07, 6.45) is -4.37. The topological polar surface area (TPSA) is 26.3 Å². The van der Waals surface area contributed by atoms with Crippen LogP contribution in [-0.4, -0.2) is 5.97 Å². The van der Waals surface area contributed by atoms with Crippen LogP contribution in [0.2, 0.25) is 0 Å². The van der Waals surface area contributed by atoms with Gasteiger partial charge in [-0.2, -0.15) is 13.2 Å². The quantitative estimate of drug-likeness (QED) is 0.730. The highest BCUT2D eigenvalue weighted by Gasteiger charge is 2.31. The molecule has 0 aliphatic rings. The first-order valence-corrected chi connectivity index (χ1v) is 5.89. The smallest absolute Gasteiger partial charge is 0.416 e. The van der Waals surface area contributed by atoms with Crippen LogP contribution >= 0.6 is 11.3 Å². The van der Waals surface area contributed by atoms with Gasteiger partial charge >= 0.3 is 12.1 Å². The normalized spacial score (nSPS) is 11.8. The van der Waals surface area contributed by atoms with Gasteiger partial charge in [-0.25, -0.2) is 0 Å². The molecule has 0 atom stereocenters. The fourth-order valence-corrected chi connectivity index (χ4v) is 2.67. The lowest BCUT2D eigenvalue weighted by atomic mass is 10.1. The van der Waals surface area contributed by atoms with Crippen molar-refractivity contribution in [3.63, 3.8) is 0 Å². The number of thiophene rings is 1. The zero-order chi connectivity index (χ0) is 13.5. The Bertz CT molecular complexity index is 614. The Labute approximate surface area is 105 Å². The van der Waals surface area contributed by atoms with E-state index in [0.717, 1.165) is 12.1 Å². The lowest BCUT2D eigenvalue weighted by molar-refractivity contribution is -0.137. The molecule has 0 fully saturated rings. The third-order valence-electron chi connectivity index (χ3n) is 2.38. The number of ether oxygens (including phenoxy) is 1. The Morgan fingerprint density at radius 1 is 1.33 bits per heavy atom. The first kappa shape index (κ1) is 12.9. The molecule has 0 spiro atoms. The number of benzene rings is 1. The molecule has 0 saturated heterocycles. The van der Waals surface area contributed by atoms with Crippen molar-refractivity contribution in [3.05, 3.63) is 28.6 Å². The van der Waals surface area contributed by atoms with E-state index in [4.69, 9.17) is 4.74 Å². The maximum absolute atomic E-state index is 12.6. The minimum Gasteiger partial charge on any atom is -0.425 e. The minimum absolute atomic E-state index is 0.344. The number of esters is 1. The lowest BCUT2D eigenvalue weighted by Crippen LogP contribution is -2.04. The highest BCUT2D eigenvalue weighted by Crippen LogP contribution is 2.40. The number of rotatable bonds is 1.